The lowest BCUT2D eigenvalue weighted by atomic mass is 10.1. The molecule has 0 radical (unpaired) electrons. The zero-order valence-electron chi connectivity index (χ0n) is 19.7. The van der Waals surface area contributed by atoms with E-state index in [4.69, 9.17) is 9.47 Å². The number of amides is 1. The molecule has 0 unspecified atom stereocenters. The number of non-ortho nitro benzene ring substituents is 1. The lowest BCUT2D eigenvalue weighted by Gasteiger charge is -2.15. The third kappa shape index (κ3) is 6.93. The molecule has 8 nitrogen and oxygen atoms in total. The number of halogens is 1. The summed E-state index contributed by atoms with van der Waals surface area (Å²) in [4.78, 5) is 23.1. The Bertz CT molecular complexity index is 1300. The van der Waals surface area contributed by atoms with Gasteiger partial charge < -0.3 is 14.8 Å². The van der Waals surface area contributed by atoms with E-state index in [2.05, 4.69) is 21.2 Å². The van der Waals surface area contributed by atoms with Crippen molar-refractivity contribution in [3.8, 4) is 17.6 Å². The first-order chi connectivity index (χ1) is 17.3. The van der Waals surface area contributed by atoms with Gasteiger partial charge in [0.1, 0.15) is 18.2 Å². The maximum Gasteiger partial charge on any atom is 0.269 e. The fourth-order valence-electron chi connectivity index (χ4n) is 3.32. The Kier molecular flexibility index (Phi) is 9.19. The van der Waals surface area contributed by atoms with Gasteiger partial charge in [-0.2, -0.15) is 5.26 Å². The fraction of sp³-hybridized carbons (Fsp3) is 0.185. The Morgan fingerprint density at radius 3 is 2.42 bits per heavy atom. The molecule has 0 saturated heterocycles. The molecule has 0 aliphatic carbocycles. The largest absolute Gasteiger partial charge is 0.490 e. The first-order valence-electron chi connectivity index (χ1n) is 11.1. The number of carbonyl (C=O) groups is 1. The molecule has 1 amide bonds. The minimum Gasteiger partial charge on any atom is -0.490 e. The number of hydrogen-bond acceptors (Lipinski definition) is 6. The smallest absolute Gasteiger partial charge is 0.269 e. The number of hydrogen-bond donors (Lipinski definition) is 1. The Morgan fingerprint density at radius 1 is 1.14 bits per heavy atom. The summed E-state index contributed by atoms with van der Waals surface area (Å²) >= 11 is 3.48. The van der Waals surface area contributed by atoms with E-state index >= 15 is 0 Å². The fourth-order valence-corrected chi connectivity index (χ4v) is 3.76. The van der Waals surface area contributed by atoms with E-state index in [0.717, 1.165) is 11.1 Å². The van der Waals surface area contributed by atoms with Crippen molar-refractivity contribution in [3.05, 3.63) is 104 Å². The van der Waals surface area contributed by atoms with Crippen LogP contribution in [0, 0.1) is 21.4 Å². The molecule has 0 fully saturated rings. The average Bonchev–Trinajstić information content (AvgIpc) is 2.88. The van der Waals surface area contributed by atoms with Crippen LogP contribution >= 0.6 is 15.9 Å². The van der Waals surface area contributed by atoms with Crippen molar-refractivity contribution in [2.24, 2.45) is 0 Å². The molecule has 0 bridgehead atoms. The molecule has 3 aromatic rings. The molecule has 3 rings (SSSR count). The van der Waals surface area contributed by atoms with Crippen LogP contribution in [-0.2, 0) is 11.4 Å². The molecule has 0 spiro atoms. The number of ether oxygens (including phenoxy) is 2. The van der Waals surface area contributed by atoms with Gasteiger partial charge in [-0.15, -0.1) is 0 Å². The average molecular weight is 550 g/mol. The molecule has 0 aromatic heterocycles. The highest BCUT2D eigenvalue weighted by atomic mass is 79.9. The SMILES string of the molecule is CCOc1cc(/C=C(/C#N)C(=O)N[C@@H](C)c2ccccc2)c(Br)cc1OCc1ccc([N+](=O)[O-])cc1. The molecule has 0 heterocycles. The number of nitro groups is 1. The van der Waals surface area contributed by atoms with Crippen molar-refractivity contribution in [1.29, 1.82) is 5.26 Å². The van der Waals surface area contributed by atoms with Gasteiger partial charge in [-0.05, 0) is 60.9 Å². The van der Waals surface area contributed by atoms with Gasteiger partial charge in [0.25, 0.3) is 11.6 Å². The van der Waals surface area contributed by atoms with Gasteiger partial charge in [-0.1, -0.05) is 46.3 Å². The summed E-state index contributed by atoms with van der Waals surface area (Å²) in [5.41, 5.74) is 2.19. The van der Waals surface area contributed by atoms with E-state index in [0.29, 0.717) is 28.1 Å². The van der Waals surface area contributed by atoms with E-state index in [1.807, 2.05) is 50.2 Å². The molecule has 1 atom stereocenters. The Hall–Kier alpha value is -4.16. The number of benzene rings is 3. The van der Waals surface area contributed by atoms with Crippen LogP contribution in [-0.4, -0.2) is 17.4 Å². The third-order valence-corrected chi connectivity index (χ3v) is 5.90. The summed E-state index contributed by atoms with van der Waals surface area (Å²) in [5, 5.41) is 23.3. The van der Waals surface area contributed by atoms with E-state index in [-0.39, 0.29) is 23.9 Å². The number of nitrogens with zero attached hydrogens (tertiary/aromatic N) is 2. The van der Waals surface area contributed by atoms with Crippen molar-refractivity contribution < 1.29 is 19.2 Å². The molecule has 3 aromatic carbocycles. The van der Waals surface area contributed by atoms with Gasteiger partial charge in [-0.25, -0.2) is 0 Å². The standard InChI is InChI=1S/C27H24BrN3O5/c1-3-35-25-14-21(13-22(16-29)27(32)30-18(2)20-7-5-4-6-8-20)24(28)15-26(25)36-17-19-9-11-23(12-10-19)31(33)34/h4-15,18H,3,17H2,1-2H3,(H,30,32)/b22-13-/t18-/m0/s1. The normalized spacial score (nSPS) is 11.8. The van der Waals surface area contributed by atoms with Gasteiger partial charge in [0.15, 0.2) is 11.5 Å². The van der Waals surface area contributed by atoms with Crippen LogP contribution in [0.1, 0.15) is 36.6 Å². The van der Waals surface area contributed by atoms with Crippen molar-refractivity contribution in [2.75, 3.05) is 6.61 Å². The maximum atomic E-state index is 12.8. The van der Waals surface area contributed by atoms with Crippen LogP contribution in [0.15, 0.2) is 76.8 Å². The molecule has 9 heteroatoms. The van der Waals surface area contributed by atoms with Crippen LogP contribution in [0.5, 0.6) is 11.5 Å². The second-order valence-electron chi connectivity index (χ2n) is 7.74. The summed E-state index contributed by atoms with van der Waals surface area (Å²) < 4.78 is 12.2. The Labute approximate surface area is 217 Å². The van der Waals surface area contributed by atoms with Crippen molar-refractivity contribution >= 4 is 33.6 Å². The zero-order valence-corrected chi connectivity index (χ0v) is 21.3. The van der Waals surface area contributed by atoms with Gasteiger partial charge in [-0.3, -0.25) is 14.9 Å². The molecule has 36 heavy (non-hydrogen) atoms. The summed E-state index contributed by atoms with van der Waals surface area (Å²) in [6.45, 7) is 4.22. The van der Waals surface area contributed by atoms with Gasteiger partial charge in [0.2, 0.25) is 0 Å². The summed E-state index contributed by atoms with van der Waals surface area (Å²) in [6.07, 6.45) is 1.49. The second kappa shape index (κ2) is 12.5. The molecule has 0 saturated carbocycles. The topological polar surface area (TPSA) is 114 Å². The Balaban J connectivity index is 1.80. The number of nitrogens with one attached hydrogen (secondary N) is 1. The second-order valence-corrected chi connectivity index (χ2v) is 8.60. The maximum absolute atomic E-state index is 12.8. The van der Waals surface area contributed by atoms with E-state index in [1.54, 1.807) is 24.3 Å². The third-order valence-electron chi connectivity index (χ3n) is 5.22. The minimum atomic E-state index is -0.489. The molecule has 1 N–H and O–H groups in total. The molecule has 184 valence electrons. The zero-order chi connectivity index (χ0) is 26.1. The predicted octanol–water partition coefficient (Wildman–Crippen LogP) is 6.12. The van der Waals surface area contributed by atoms with E-state index in [1.165, 1.54) is 18.2 Å². The molecular formula is C27H24BrN3O5. The highest BCUT2D eigenvalue weighted by Crippen LogP contribution is 2.35. The van der Waals surface area contributed by atoms with E-state index < -0.39 is 10.8 Å². The van der Waals surface area contributed by atoms with Crippen LogP contribution < -0.4 is 14.8 Å². The number of rotatable bonds is 10. The molecular weight excluding hydrogens is 526 g/mol. The quantitative estimate of drug-likeness (QED) is 0.141. The monoisotopic (exact) mass is 549 g/mol. The highest BCUT2D eigenvalue weighted by Gasteiger charge is 2.16. The van der Waals surface area contributed by atoms with Crippen LogP contribution in [0.4, 0.5) is 5.69 Å². The van der Waals surface area contributed by atoms with Crippen molar-refractivity contribution in [2.45, 2.75) is 26.5 Å². The van der Waals surface area contributed by atoms with Gasteiger partial charge in [0, 0.05) is 16.6 Å². The van der Waals surface area contributed by atoms with Crippen LogP contribution in [0.3, 0.4) is 0 Å². The van der Waals surface area contributed by atoms with E-state index in [9.17, 15) is 20.2 Å². The summed E-state index contributed by atoms with van der Waals surface area (Å²) in [6, 6.07) is 20.6. The van der Waals surface area contributed by atoms with Crippen molar-refractivity contribution in [3.63, 3.8) is 0 Å². The summed E-state index contributed by atoms with van der Waals surface area (Å²) in [5.74, 6) is 0.390. The van der Waals surface area contributed by atoms with Crippen molar-refractivity contribution in [1.82, 2.24) is 5.32 Å². The highest BCUT2D eigenvalue weighted by molar-refractivity contribution is 9.10. The Morgan fingerprint density at radius 2 is 1.81 bits per heavy atom. The lowest BCUT2D eigenvalue weighted by molar-refractivity contribution is -0.384. The number of carbonyl (C=O) groups excluding carboxylic acids is 1. The van der Waals surface area contributed by atoms with Crippen LogP contribution in [0.2, 0.25) is 0 Å². The van der Waals surface area contributed by atoms with Crippen LogP contribution in [0.25, 0.3) is 6.08 Å². The molecule has 0 aliphatic heterocycles. The number of nitriles is 1. The molecule has 0 aliphatic rings. The van der Waals surface area contributed by atoms with Gasteiger partial charge in [0.05, 0.1) is 17.6 Å². The number of nitro benzene ring substituents is 1. The predicted molar refractivity (Wildman–Crippen MR) is 139 cm³/mol. The summed E-state index contributed by atoms with van der Waals surface area (Å²) in [7, 11) is 0. The van der Waals surface area contributed by atoms with Gasteiger partial charge >= 0.3 is 0 Å². The lowest BCUT2D eigenvalue weighted by Crippen LogP contribution is -2.27. The minimum absolute atomic E-state index is 0.00290. The first-order valence-corrected chi connectivity index (χ1v) is 11.9. The first kappa shape index (κ1) is 26.4.